The second-order valence-corrected chi connectivity index (χ2v) is 5.70. The fourth-order valence-electron chi connectivity index (χ4n) is 1.85. The Bertz CT molecular complexity index is 549. The molecule has 2 nitrogen and oxygen atoms in total. The van der Waals surface area contributed by atoms with Crippen LogP contribution >= 0.6 is 15.9 Å². The molecule has 0 radical (unpaired) electrons. The molecule has 2 N–H and O–H groups in total. The van der Waals surface area contributed by atoms with E-state index in [1.165, 1.54) is 11.1 Å². The highest BCUT2D eigenvalue weighted by Gasteiger charge is 2.05. The van der Waals surface area contributed by atoms with Gasteiger partial charge in [0.05, 0.1) is 0 Å². The van der Waals surface area contributed by atoms with Crippen LogP contribution in [0.4, 0.5) is 0 Å². The molecular formula is C16H18BrNO. The van der Waals surface area contributed by atoms with Crippen molar-refractivity contribution in [1.82, 2.24) is 0 Å². The minimum absolute atomic E-state index is 0.153. The molecule has 0 aliphatic heterocycles. The van der Waals surface area contributed by atoms with E-state index >= 15 is 0 Å². The van der Waals surface area contributed by atoms with Crippen molar-refractivity contribution in [1.29, 1.82) is 0 Å². The lowest BCUT2D eigenvalue weighted by molar-refractivity contribution is 0.482. The van der Waals surface area contributed by atoms with Crippen LogP contribution in [0.3, 0.4) is 0 Å². The van der Waals surface area contributed by atoms with Gasteiger partial charge in [-0.15, -0.1) is 0 Å². The Labute approximate surface area is 122 Å². The first-order valence-electron chi connectivity index (χ1n) is 6.33. The van der Waals surface area contributed by atoms with Crippen molar-refractivity contribution >= 4 is 15.9 Å². The molecule has 2 aromatic carbocycles. The third-order valence-corrected chi connectivity index (χ3v) is 3.56. The fourth-order valence-corrected chi connectivity index (χ4v) is 2.37. The van der Waals surface area contributed by atoms with Gasteiger partial charge in [-0.25, -0.2) is 0 Å². The summed E-state index contributed by atoms with van der Waals surface area (Å²) in [5.74, 6) is 1.67. The standard InChI is InChI=1S/C16H18BrNO/c1-11-3-6-14(7-4-11)19-15-8-5-13(9-12(2)18)16(17)10-15/h3-8,10,12H,9,18H2,1-2H3. The quantitative estimate of drug-likeness (QED) is 0.904. The lowest BCUT2D eigenvalue weighted by Crippen LogP contribution is -2.17. The SMILES string of the molecule is Cc1ccc(Oc2ccc(CC(C)N)c(Br)c2)cc1. The molecular weight excluding hydrogens is 302 g/mol. The zero-order valence-electron chi connectivity index (χ0n) is 11.2. The van der Waals surface area contributed by atoms with Crippen molar-refractivity contribution in [2.75, 3.05) is 0 Å². The molecule has 1 atom stereocenters. The molecule has 19 heavy (non-hydrogen) atoms. The van der Waals surface area contributed by atoms with E-state index in [2.05, 4.69) is 28.9 Å². The van der Waals surface area contributed by atoms with E-state index in [0.29, 0.717) is 0 Å². The third-order valence-electron chi connectivity index (χ3n) is 2.82. The van der Waals surface area contributed by atoms with Gasteiger partial charge in [-0.1, -0.05) is 39.7 Å². The van der Waals surface area contributed by atoms with Crippen LogP contribution in [-0.4, -0.2) is 6.04 Å². The number of hydrogen-bond donors (Lipinski definition) is 1. The van der Waals surface area contributed by atoms with Gasteiger partial charge in [0, 0.05) is 10.5 Å². The molecule has 0 aliphatic rings. The summed E-state index contributed by atoms with van der Waals surface area (Å²) in [6, 6.07) is 14.2. The van der Waals surface area contributed by atoms with E-state index in [4.69, 9.17) is 10.5 Å². The highest BCUT2D eigenvalue weighted by molar-refractivity contribution is 9.10. The zero-order chi connectivity index (χ0) is 13.8. The van der Waals surface area contributed by atoms with Crippen molar-refractivity contribution in [2.24, 2.45) is 5.73 Å². The molecule has 0 aliphatic carbocycles. The summed E-state index contributed by atoms with van der Waals surface area (Å²) in [5.41, 5.74) is 8.24. The topological polar surface area (TPSA) is 35.2 Å². The first-order chi connectivity index (χ1) is 9.04. The van der Waals surface area contributed by atoms with E-state index in [1.54, 1.807) is 0 Å². The van der Waals surface area contributed by atoms with Crippen LogP contribution in [0.2, 0.25) is 0 Å². The minimum atomic E-state index is 0.153. The molecule has 0 amide bonds. The third kappa shape index (κ3) is 4.08. The Morgan fingerprint density at radius 3 is 2.32 bits per heavy atom. The van der Waals surface area contributed by atoms with Crippen LogP contribution in [0.5, 0.6) is 11.5 Å². The number of rotatable bonds is 4. The molecule has 0 heterocycles. The maximum atomic E-state index is 5.82. The number of aryl methyl sites for hydroxylation is 1. The predicted molar refractivity (Wildman–Crippen MR) is 82.7 cm³/mol. The smallest absolute Gasteiger partial charge is 0.128 e. The largest absolute Gasteiger partial charge is 0.457 e. The monoisotopic (exact) mass is 319 g/mol. The van der Waals surface area contributed by atoms with Gasteiger partial charge in [0.15, 0.2) is 0 Å². The summed E-state index contributed by atoms with van der Waals surface area (Å²) in [7, 11) is 0. The Hall–Kier alpha value is -1.32. The molecule has 2 aromatic rings. The maximum absolute atomic E-state index is 5.82. The average molecular weight is 320 g/mol. The molecule has 1 unspecified atom stereocenters. The Morgan fingerprint density at radius 2 is 1.74 bits per heavy atom. The van der Waals surface area contributed by atoms with Crippen molar-refractivity contribution in [3.05, 3.63) is 58.1 Å². The Morgan fingerprint density at radius 1 is 1.11 bits per heavy atom. The van der Waals surface area contributed by atoms with Crippen LogP contribution in [0.25, 0.3) is 0 Å². The summed E-state index contributed by atoms with van der Waals surface area (Å²) in [6.45, 7) is 4.06. The second kappa shape index (κ2) is 6.22. The van der Waals surface area contributed by atoms with Gasteiger partial charge in [-0.3, -0.25) is 0 Å². The van der Waals surface area contributed by atoms with Crippen LogP contribution < -0.4 is 10.5 Å². The van der Waals surface area contributed by atoms with Crippen LogP contribution in [0.1, 0.15) is 18.1 Å². The number of benzene rings is 2. The number of ether oxygens (including phenoxy) is 1. The lowest BCUT2D eigenvalue weighted by Gasteiger charge is -2.11. The zero-order valence-corrected chi connectivity index (χ0v) is 12.8. The molecule has 0 spiro atoms. The van der Waals surface area contributed by atoms with Crippen molar-refractivity contribution in [2.45, 2.75) is 26.3 Å². The lowest BCUT2D eigenvalue weighted by atomic mass is 10.1. The van der Waals surface area contributed by atoms with Gasteiger partial charge in [-0.05, 0) is 50.1 Å². The number of nitrogens with two attached hydrogens (primary N) is 1. The van der Waals surface area contributed by atoms with E-state index in [0.717, 1.165) is 22.4 Å². The van der Waals surface area contributed by atoms with Crippen LogP contribution in [0.15, 0.2) is 46.9 Å². The highest BCUT2D eigenvalue weighted by Crippen LogP contribution is 2.27. The molecule has 0 fully saturated rings. The van der Waals surface area contributed by atoms with Crippen LogP contribution in [0, 0.1) is 6.92 Å². The fraction of sp³-hybridized carbons (Fsp3) is 0.250. The van der Waals surface area contributed by atoms with Gasteiger partial charge < -0.3 is 10.5 Å². The molecule has 3 heteroatoms. The Balaban J connectivity index is 2.13. The Kier molecular flexibility index (Phi) is 4.61. The normalized spacial score (nSPS) is 12.2. The highest BCUT2D eigenvalue weighted by atomic mass is 79.9. The van der Waals surface area contributed by atoms with Gasteiger partial charge in [0.2, 0.25) is 0 Å². The molecule has 0 saturated heterocycles. The van der Waals surface area contributed by atoms with Gasteiger partial charge in [-0.2, -0.15) is 0 Å². The number of hydrogen-bond acceptors (Lipinski definition) is 2. The summed E-state index contributed by atoms with van der Waals surface area (Å²) >= 11 is 3.57. The van der Waals surface area contributed by atoms with Crippen molar-refractivity contribution in [3.8, 4) is 11.5 Å². The van der Waals surface area contributed by atoms with Gasteiger partial charge >= 0.3 is 0 Å². The van der Waals surface area contributed by atoms with E-state index in [9.17, 15) is 0 Å². The van der Waals surface area contributed by atoms with Gasteiger partial charge in [0.25, 0.3) is 0 Å². The summed E-state index contributed by atoms with van der Waals surface area (Å²) in [4.78, 5) is 0. The van der Waals surface area contributed by atoms with Gasteiger partial charge in [0.1, 0.15) is 11.5 Å². The first kappa shape index (κ1) is 14.1. The minimum Gasteiger partial charge on any atom is -0.457 e. The first-order valence-corrected chi connectivity index (χ1v) is 7.12. The molecule has 2 rings (SSSR count). The average Bonchev–Trinajstić information content (AvgIpc) is 2.35. The second-order valence-electron chi connectivity index (χ2n) is 4.85. The molecule has 0 saturated carbocycles. The van der Waals surface area contributed by atoms with Crippen molar-refractivity contribution in [3.63, 3.8) is 0 Å². The van der Waals surface area contributed by atoms with Crippen molar-refractivity contribution < 1.29 is 4.74 Å². The summed E-state index contributed by atoms with van der Waals surface area (Å²) < 4.78 is 6.85. The predicted octanol–water partition coefficient (Wildman–Crippen LogP) is 4.44. The van der Waals surface area contributed by atoms with E-state index in [-0.39, 0.29) is 6.04 Å². The number of halogens is 1. The summed E-state index contributed by atoms with van der Waals surface area (Å²) in [6.07, 6.45) is 0.853. The maximum Gasteiger partial charge on any atom is 0.128 e. The summed E-state index contributed by atoms with van der Waals surface area (Å²) in [5, 5.41) is 0. The molecule has 100 valence electrons. The molecule has 0 aromatic heterocycles. The van der Waals surface area contributed by atoms with E-state index < -0.39 is 0 Å². The van der Waals surface area contributed by atoms with Crippen LogP contribution in [-0.2, 0) is 6.42 Å². The van der Waals surface area contributed by atoms with E-state index in [1.807, 2.05) is 43.3 Å². The molecule has 0 bridgehead atoms.